The van der Waals surface area contributed by atoms with E-state index < -0.39 is 52.5 Å². The maximum atomic E-state index is 14.2. The van der Waals surface area contributed by atoms with Gasteiger partial charge in [0.05, 0.1) is 0 Å². The molecule has 0 aliphatic carbocycles. The van der Waals surface area contributed by atoms with Crippen LogP contribution in [0.5, 0.6) is 0 Å². The van der Waals surface area contributed by atoms with Gasteiger partial charge < -0.3 is 10.6 Å². The van der Waals surface area contributed by atoms with Gasteiger partial charge in [-0.2, -0.15) is 31.4 Å². The Labute approximate surface area is 187 Å². The molecule has 1 aliphatic rings. The number of benzene rings is 1. The third kappa shape index (κ3) is 4.20. The van der Waals surface area contributed by atoms with Crippen molar-refractivity contribution in [3.05, 3.63) is 64.6 Å². The Hall–Kier alpha value is -3.90. The molecule has 0 fully saturated rings. The zero-order valence-electron chi connectivity index (χ0n) is 17.3. The van der Waals surface area contributed by atoms with Gasteiger partial charge in [0.1, 0.15) is 22.6 Å². The maximum absolute atomic E-state index is 14.2. The molecule has 0 saturated carbocycles. The van der Waals surface area contributed by atoms with Gasteiger partial charge in [-0.3, -0.25) is 19.3 Å². The number of nitrogens with one attached hydrogen (secondary N) is 2. The Morgan fingerprint density at radius 3 is 2.47 bits per heavy atom. The van der Waals surface area contributed by atoms with Gasteiger partial charge in [0, 0.05) is 36.6 Å². The number of aromatic nitrogens is 3. The summed E-state index contributed by atoms with van der Waals surface area (Å²) in [7, 11) is 1.11. The number of hydrogen-bond donors (Lipinski definition) is 2. The molecule has 178 valence electrons. The summed E-state index contributed by atoms with van der Waals surface area (Å²) in [5.41, 5.74) is -3.94. The number of alkyl halides is 6. The summed E-state index contributed by atoms with van der Waals surface area (Å²) in [6.45, 7) is 0.216. The SMILES string of the molecule is Cn1nc(-c2cccc3c2CCNC3=O)c(C(F)(F)F)c1C(=O)Nc1ccnc(C(F)(F)F)c1. The number of carbonyl (C=O) groups is 2. The summed E-state index contributed by atoms with van der Waals surface area (Å²) in [6.07, 6.45) is -8.81. The van der Waals surface area contributed by atoms with E-state index in [1.807, 2.05) is 0 Å². The Kier molecular flexibility index (Phi) is 5.58. The van der Waals surface area contributed by atoms with Gasteiger partial charge in [-0.1, -0.05) is 12.1 Å². The van der Waals surface area contributed by atoms with Crippen molar-refractivity contribution in [2.24, 2.45) is 7.05 Å². The van der Waals surface area contributed by atoms with Crippen molar-refractivity contribution in [1.82, 2.24) is 20.1 Å². The number of halogens is 6. The highest BCUT2D eigenvalue weighted by Gasteiger charge is 2.43. The molecule has 0 radical (unpaired) electrons. The monoisotopic (exact) mass is 483 g/mol. The van der Waals surface area contributed by atoms with Crippen LogP contribution in [0.4, 0.5) is 32.0 Å². The van der Waals surface area contributed by atoms with Crippen LogP contribution in [0.2, 0.25) is 0 Å². The summed E-state index contributed by atoms with van der Waals surface area (Å²) in [5, 5.41) is 8.57. The number of rotatable bonds is 3. The highest BCUT2D eigenvalue weighted by atomic mass is 19.4. The minimum absolute atomic E-state index is 0.0394. The smallest absolute Gasteiger partial charge is 0.352 e. The summed E-state index contributed by atoms with van der Waals surface area (Å²) >= 11 is 0. The predicted molar refractivity (Wildman–Crippen MR) is 107 cm³/mol. The highest BCUT2D eigenvalue weighted by molar-refractivity contribution is 6.05. The van der Waals surface area contributed by atoms with E-state index in [1.54, 1.807) is 0 Å². The molecule has 2 N–H and O–H groups in total. The minimum Gasteiger partial charge on any atom is -0.352 e. The van der Waals surface area contributed by atoms with E-state index in [9.17, 15) is 35.9 Å². The molecule has 0 saturated heterocycles. The zero-order valence-corrected chi connectivity index (χ0v) is 17.3. The molecule has 1 aromatic carbocycles. The number of amides is 2. The lowest BCUT2D eigenvalue weighted by molar-refractivity contribution is -0.141. The first kappa shape index (κ1) is 23.3. The van der Waals surface area contributed by atoms with Crippen molar-refractivity contribution < 1.29 is 35.9 Å². The molecule has 2 aromatic heterocycles. The Balaban J connectivity index is 1.82. The van der Waals surface area contributed by atoms with Gasteiger partial charge in [-0.15, -0.1) is 0 Å². The summed E-state index contributed by atoms with van der Waals surface area (Å²) in [6, 6.07) is 5.77. The third-order valence-corrected chi connectivity index (χ3v) is 5.19. The van der Waals surface area contributed by atoms with Crippen molar-refractivity contribution >= 4 is 17.5 Å². The molecule has 0 unspecified atom stereocenters. The minimum atomic E-state index is -5.04. The number of hydrogen-bond acceptors (Lipinski definition) is 4. The second kappa shape index (κ2) is 8.15. The van der Waals surface area contributed by atoms with Gasteiger partial charge in [-0.25, -0.2) is 0 Å². The van der Waals surface area contributed by atoms with Crippen molar-refractivity contribution in [2.75, 3.05) is 11.9 Å². The molecule has 2 amide bonds. The lowest BCUT2D eigenvalue weighted by Crippen LogP contribution is -2.32. The van der Waals surface area contributed by atoms with E-state index in [4.69, 9.17) is 0 Å². The van der Waals surface area contributed by atoms with Crippen LogP contribution in [0.1, 0.15) is 37.7 Å². The van der Waals surface area contributed by atoms with E-state index in [2.05, 4.69) is 20.7 Å². The van der Waals surface area contributed by atoms with Crippen LogP contribution in [-0.4, -0.2) is 33.1 Å². The van der Waals surface area contributed by atoms with Crippen LogP contribution in [0.15, 0.2) is 36.5 Å². The number of pyridine rings is 1. The zero-order chi connectivity index (χ0) is 24.8. The average molecular weight is 483 g/mol. The molecule has 34 heavy (non-hydrogen) atoms. The van der Waals surface area contributed by atoms with Crippen molar-refractivity contribution in [1.29, 1.82) is 0 Å². The number of anilines is 1. The maximum Gasteiger partial charge on any atom is 0.433 e. The van der Waals surface area contributed by atoms with Crippen LogP contribution in [-0.2, 0) is 25.8 Å². The molecule has 0 atom stereocenters. The molecule has 3 heterocycles. The van der Waals surface area contributed by atoms with Gasteiger partial charge in [0.25, 0.3) is 11.8 Å². The van der Waals surface area contributed by atoms with Crippen LogP contribution in [0.25, 0.3) is 11.3 Å². The Bertz CT molecular complexity index is 1300. The molecule has 7 nitrogen and oxygen atoms in total. The van der Waals surface area contributed by atoms with Crippen molar-refractivity contribution in [2.45, 2.75) is 18.8 Å². The molecular formula is C21H15F6N5O2. The number of carbonyl (C=O) groups excluding carboxylic acids is 2. The van der Waals surface area contributed by atoms with E-state index in [0.29, 0.717) is 16.3 Å². The second-order valence-electron chi connectivity index (χ2n) is 7.41. The van der Waals surface area contributed by atoms with Gasteiger partial charge in [0.2, 0.25) is 0 Å². The predicted octanol–water partition coefficient (Wildman–Crippen LogP) is 4.06. The van der Waals surface area contributed by atoms with Gasteiger partial charge in [0.15, 0.2) is 0 Å². The van der Waals surface area contributed by atoms with Crippen LogP contribution in [0.3, 0.4) is 0 Å². The Morgan fingerprint density at radius 1 is 1.09 bits per heavy atom. The van der Waals surface area contributed by atoms with E-state index >= 15 is 0 Å². The van der Waals surface area contributed by atoms with Gasteiger partial charge in [-0.05, 0) is 30.2 Å². The van der Waals surface area contributed by atoms with Crippen molar-refractivity contribution in [3.8, 4) is 11.3 Å². The summed E-state index contributed by atoms with van der Waals surface area (Å²) in [5.74, 6) is -1.75. The first-order chi connectivity index (χ1) is 15.9. The van der Waals surface area contributed by atoms with Crippen LogP contribution >= 0.6 is 0 Å². The molecule has 0 bridgehead atoms. The van der Waals surface area contributed by atoms with E-state index in [1.165, 1.54) is 18.2 Å². The summed E-state index contributed by atoms with van der Waals surface area (Å²) < 4.78 is 81.9. The quantitative estimate of drug-likeness (QED) is 0.550. The number of aryl methyl sites for hydroxylation is 1. The van der Waals surface area contributed by atoms with Crippen LogP contribution < -0.4 is 10.6 Å². The van der Waals surface area contributed by atoms with Crippen molar-refractivity contribution in [3.63, 3.8) is 0 Å². The standard InChI is InChI=1S/C21H15F6N5O2/c1-32-17(19(34)30-10-5-7-28-14(9-10)20(22,23)24)15(21(25,26)27)16(31-32)12-3-2-4-13-11(12)6-8-29-18(13)33/h2-5,7,9H,6,8H2,1H3,(H,29,33)(H,28,30,34). The summed E-state index contributed by atoms with van der Waals surface area (Å²) in [4.78, 5) is 28.1. The normalized spacial score (nSPS) is 13.9. The van der Waals surface area contributed by atoms with Crippen LogP contribution in [0, 0.1) is 0 Å². The molecule has 13 heteroatoms. The largest absolute Gasteiger partial charge is 0.433 e. The lowest BCUT2D eigenvalue weighted by Gasteiger charge is -2.19. The van der Waals surface area contributed by atoms with Gasteiger partial charge >= 0.3 is 12.4 Å². The molecule has 3 aromatic rings. The Morgan fingerprint density at radius 2 is 1.79 bits per heavy atom. The molecule has 4 rings (SSSR count). The number of nitrogens with zero attached hydrogens (tertiary/aromatic N) is 3. The highest BCUT2D eigenvalue weighted by Crippen LogP contribution is 2.41. The molecular weight excluding hydrogens is 468 g/mol. The fourth-order valence-corrected chi connectivity index (χ4v) is 3.78. The fraction of sp³-hybridized carbons (Fsp3) is 0.238. The van der Waals surface area contributed by atoms with E-state index in [-0.39, 0.29) is 24.1 Å². The molecule has 1 aliphatic heterocycles. The fourth-order valence-electron chi connectivity index (χ4n) is 3.78. The molecule has 0 spiro atoms. The lowest BCUT2D eigenvalue weighted by atomic mass is 9.91. The first-order valence-corrected chi connectivity index (χ1v) is 9.77. The second-order valence-corrected chi connectivity index (χ2v) is 7.41. The van der Waals surface area contributed by atoms with E-state index in [0.717, 1.165) is 19.3 Å². The topological polar surface area (TPSA) is 88.9 Å². The average Bonchev–Trinajstić information content (AvgIpc) is 3.11. The third-order valence-electron chi connectivity index (χ3n) is 5.19. The number of fused-ring (bicyclic) bond motifs is 1. The first-order valence-electron chi connectivity index (χ1n) is 9.77.